The van der Waals surface area contributed by atoms with Crippen molar-refractivity contribution in [2.75, 3.05) is 36.0 Å². The van der Waals surface area contributed by atoms with Crippen molar-refractivity contribution in [1.82, 2.24) is 25.2 Å². The van der Waals surface area contributed by atoms with E-state index in [4.69, 9.17) is 25.9 Å². The summed E-state index contributed by atoms with van der Waals surface area (Å²) >= 11 is 0. The number of terminal acetylenes is 1. The summed E-state index contributed by atoms with van der Waals surface area (Å²) in [7, 11) is 0. The maximum absolute atomic E-state index is 15.0. The number of rotatable bonds is 9. The predicted octanol–water partition coefficient (Wildman–Crippen LogP) is 5.41. The number of alkyl halides is 1. The third kappa shape index (κ3) is 7.30. The van der Waals surface area contributed by atoms with E-state index in [0.717, 1.165) is 18.4 Å². The molecule has 2 amide bonds. The zero-order chi connectivity index (χ0) is 37.3. The van der Waals surface area contributed by atoms with E-state index >= 15 is 0 Å². The van der Waals surface area contributed by atoms with Crippen molar-refractivity contribution in [3.63, 3.8) is 0 Å². The highest BCUT2D eigenvalue weighted by Crippen LogP contribution is 2.42. The number of carbonyl (C=O) groups is 2. The van der Waals surface area contributed by atoms with Crippen LogP contribution in [-0.2, 0) is 17.9 Å². The molecular weight excluding hydrogens is 684 g/mol. The lowest BCUT2D eigenvalue weighted by atomic mass is 9.99. The Kier molecular flexibility index (Phi) is 9.85. The number of nitrogens with one attached hydrogen (secondary N) is 1. The summed E-state index contributed by atoms with van der Waals surface area (Å²) < 4.78 is 42.2. The quantitative estimate of drug-likeness (QED) is 0.171. The van der Waals surface area contributed by atoms with Crippen LogP contribution in [0.5, 0.6) is 17.5 Å². The van der Waals surface area contributed by atoms with Gasteiger partial charge in [0, 0.05) is 62.5 Å². The Labute approximate surface area is 305 Å². The molecule has 3 aliphatic rings. The lowest BCUT2D eigenvalue weighted by molar-refractivity contribution is -0.117. The van der Waals surface area contributed by atoms with Gasteiger partial charge in [0.05, 0.1) is 23.3 Å². The van der Waals surface area contributed by atoms with Gasteiger partial charge in [-0.05, 0) is 61.4 Å². The van der Waals surface area contributed by atoms with E-state index in [1.165, 1.54) is 35.2 Å². The molecule has 3 atom stereocenters. The van der Waals surface area contributed by atoms with E-state index in [1.807, 2.05) is 28.9 Å². The van der Waals surface area contributed by atoms with Crippen molar-refractivity contribution in [1.29, 1.82) is 0 Å². The lowest BCUT2D eigenvalue weighted by Crippen LogP contribution is -2.46. The number of likely N-dealkylation sites (tertiary alicyclic amines) is 1. The van der Waals surface area contributed by atoms with Gasteiger partial charge >= 0.3 is 12.1 Å². The fourth-order valence-corrected chi connectivity index (χ4v) is 7.43. The average molecular weight is 724 g/mol. The van der Waals surface area contributed by atoms with Gasteiger partial charge in [-0.2, -0.15) is 9.97 Å². The molecule has 0 aliphatic carbocycles. The first-order valence-corrected chi connectivity index (χ1v) is 17.5. The van der Waals surface area contributed by atoms with Crippen LogP contribution in [0.1, 0.15) is 49.4 Å². The van der Waals surface area contributed by atoms with Crippen molar-refractivity contribution in [3.05, 3.63) is 84.1 Å². The number of halogens is 2. The number of amides is 2. The first-order chi connectivity index (χ1) is 25.5. The molecule has 1 unspecified atom stereocenters. The molecule has 2 saturated heterocycles. The van der Waals surface area contributed by atoms with Gasteiger partial charge in [0.2, 0.25) is 5.91 Å². The highest BCUT2D eigenvalue weighted by molar-refractivity contribution is 6.06. The maximum Gasteiger partial charge on any atom is 0.420 e. The molecule has 2 aromatic carbocycles. The normalized spacial score (nSPS) is 21.7. The number of nitrogens with zero attached hydrogens (tertiary/aromatic N) is 6. The van der Waals surface area contributed by atoms with Crippen molar-refractivity contribution in [2.24, 2.45) is 0 Å². The first-order valence-electron chi connectivity index (χ1n) is 17.5. The topological polar surface area (TPSA) is 133 Å². The van der Waals surface area contributed by atoms with E-state index in [1.54, 1.807) is 12.4 Å². The second-order valence-corrected chi connectivity index (χ2v) is 13.9. The van der Waals surface area contributed by atoms with Gasteiger partial charge in [-0.1, -0.05) is 24.6 Å². The van der Waals surface area contributed by atoms with Gasteiger partial charge in [0.25, 0.3) is 0 Å². The second-order valence-electron chi connectivity index (χ2n) is 13.9. The van der Waals surface area contributed by atoms with Crippen LogP contribution < -0.4 is 24.6 Å². The Morgan fingerprint density at radius 3 is 2.89 bits per heavy atom. The van der Waals surface area contributed by atoms with Crippen molar-refractivity contribution < 1.29 is 33.0 Å². The monoisotopic (exact) mass is 723 g/mol. The Bertz CT molecular complexity index is 2110. The van der Waals surface area contributed by atoms with Crippen LogP contribution in [0, 0.1) is 18.2 Å². The van der Waals surface area contributed by atoms with E-state index < -0.39 is 23.6 Å². The van der Waals surface area contributed by atoms with E-state index in [0.29, 0.717) is 37.3 Å². The number of ether oxygens (including phenoxy) is 2. The SMILES string of the molecule is C#Cc1c(F)ccc2cc(O)cc(N3Cc4nc(OC[C@]5(C)C[C@@H](F)CN5Cc5cccnc5)nc(N5CCCCC(NC(=O)C=C)C5)c4OC3=O)c12. The number of phenols is 1. The molecule has 0 spiro atoms. The smallest absolute Gasteiger partial charge is 0.420 e. The molecule has 0 bridgehead atoms. The van der Waals surface area contributed by atoms with Gasteiger partial charge in [0.1, 0.15) is 30.0 Å². The lowest BCUT2D eigenvalue weighted by Gasteiger charge is -2.35. The minimum Gasteiger partial charge on any atom is -0.508 e. The standard InChI is InChI=1S/C39H39F2N7O5/c1-4-29-30(41)12-11-25-15-28(49)16-32(34(25)29)48-22-31-35(53-38(48)51)36(46-14-7-6-10-27(21-46)43-33(50)5-2)45-37(44-31)52-23-39(3)17-26(40)20-47(39)19-24-9-8-13-42-18-24/h1,5,8-9,11-13,15-16,18,26-27,49H,2,6-7,10,14,17,19-23H2,3H3,(H,43,50)/t26-,27?,39+/m1/s1. The number of aromatic hydroxyl groups is 1. The molecule has 7 rings (SSSR count). The fraction of sp³-hybridized carbons (Fsp3) is 0.359. The van der Waals surface area contributed by atoms with Crippen LogP contribution >= 0.6 is 0 Å². The van der Waals surface area contributed by atoms with Crippen LogP contribution in [0.2, 0.25) is 0 Å². The molecule has 2 N–H and O–H groups in total. The summed E-state index contributed by atoms with van der Waals surface area (Å²) in [5.41, 5.74) is 0.557. The number of pyridine rings is 1. The van der Waals surface area contributed by atoms with Gasteiger partial charge < -0.3 is 24.8 Å². The Balaban J connectivity index is 1.27. The fourth-order valence-electron chi connectivity index (χ4n) is 7.43. The van der Waals surface area contributed by atoms with Crippen LogP contribution in [0.15, 0.2) is 61.4 Å². The van der Waals surface area contributed by atoms with E-state index in [9.17, 15) is 23.5 Å². The number of phenolic OH excluding ortho intramolecular Hbond substituents is 1. The number of benzene rings is 2. The van der Waals surface area contributed by atoms with Gasteiger partial charge in [0.15, 0.2) is 11.6 Å². The molecular formula is C39H39F2N7O5. The molecule has 4 aromatic rings. The molecule has 3 aliphatic heterocycles. The molecule has 14 heteroatoms. The van der Waals surface area contributed by atoms with Gasteiger partial charge in [-0.15, -0.1) is 6.42 Å². The summed E-state index contributed by atoms with van der Waals surface area (Å²) in [5.74, 6) is 1.64. The number of aromatic nitrogens is 3. The van der Waals surface area contributed by atoms with Crippen LogP contribution in [0.4, 0.5) is 25.1 Å². The summed E-state index contributed by atoms with van der Waals surface area (Å²) in [4.78, 5) is 45.0. The molecule has 274 valence electrons. The number of hydrogen-bond acceptors (Lipinski definition) is 10. The Hall–Kier alpha value is -5.81. The Morgan fingerprint density at radius 1 is 1.26 bits per heavy atom. The summed E-state index contributed by atoms with van der Waals surface area (Å²) in [6, 6.07) is 8.93. The maximum atomic E-state index is 15.0. The number of hydrogen-bond donors (Lipinski definition) is 2. The summed E-state index contributed by atoms with van der Waals surface area (Å²) in [6.07, 6.45) is 11.0. The minimum absolute atomic E-state index is 0.0199. The molecule has 2 aromatic heterocycles. The van der Waals surface area contributed by atoms with Crippen molar-refractivity contribution in [2.45, 2.75) is 63.4 Å². The van der Waals surface area contributed by atoms with Gasteiger partial charge in [-0.25, -0.2) is 13.6 Å². The summed E-state index contributed by atoms with van der Waals surface area (Å²) in [5, 5.41) is 14.3. The van der Waals surface area contributed by atoms with Gasteiger partial charge in [-0.3, -0.25) is 19.6 Å². The second kappa shape index (κ2) is 14.7. The highest BCUT2D eigenvalue weighted by Gasteiger charge is 2.43. The van der Waals surface area contributed by atoms with E-state index in [2.05, 4.69) is 22.8 Å². The largest absolute Gasteiger partial charge is 0.508 e. The number of anilines is 2. The van der Waals surface area contributed by atoms with Crippen LogP contribution in [0.3, 0.4) is 0 Å². The molecule has 0 radical (unpaired) electrons. The van der Waals surface area contributed by atoms with E-state index in [-0.39, 0.29) is 77.9 Å². The molecule has 12 nitrogen and oxygen atoms in total. The third-order valence-corrected chi connectivity index (χ3v) is 10.0. The molecule has 2 fully saturated rings. The predicted molar refractivity (Wildman–Crippen MR) is 194 cm³/mol. The molecule has 5 heterocycles. The third-order valence-electron chi connectivity index (χ3n) is 10.0. The van der Waals surface area contributed by atoms with Crippen LogP contribution in [0.25, 0.3) is 10.8 Å². The van der Waals surface area contributed by atoms with Crippen LogP contribution in [-0.4, -0.2) is 81.0 Å². The molecule has 0 saturated carbocycles. The zero-order valence-corrected chi connectivity index (χ0v) is 29.2. The van der Waals surface area contributed by atoms with Crippen molar-refractivity contribution >= 4 is 34.3 Å². The van der Waals surface area contributed by atoms with Crippen molar-refractivity contribution in [3.8, 4) is 29.9 Å². The highest BCUT2D eigenvalue weighted by atomic mass is 19.1. The average Bonchev–Trinajstić information content (AvgIpc) is 3.26. The first kappa shape index (κ1) is 35.6. The number of carbonyl (C=O) groups excluding carboxylic acids is 2. The minimum atomic E-state index is -1.07. The molecule has 53 heavy (non-hydrogen) atoms. The number of fused-ring (bicyclic) bond motifs is 2. The summed E-state index contributed by atoms with van der Waals surface area (Å²) in [6.45, 7) is 6.96. The zero-order valence-electron chi connectivity index (χ0n) is 29.2. The Morgan fingerprint density at radius 2 is 2.11 bits per heavy atom.